The van der Waals surface area contributed by atoms with Gasteiger partial charge in [0, 0.05) is 12.6 Å². The first-order valence-electron chi connectivity index (χ1n) is 6.88. The van der Waals surface area contributed by atoms with Crippen molar-refractivity contribution in [3.63, 3.8) is 0 Å². The second-order valence-corrected chi connectivity index (χ2v) is 5.45. The number of ether oxygens (including phenoxy) is 1. The molecule has 19 heavy (non-hydrogen) atoms. The summed E-state index contributed by atoms with van der Waals surface area (Å²) in [5, 5.41) is 0. The molecule has 5 nitrogen and oxygen atoms in total. The van der Waals surface area contributed by atoms with Gasteiger partial charge in [0.25, 0.3) is 5.91 Å². The van der Waals surface area contributed by atoms with Gasteiger partial charge in [-0.05, 0) is 25.7 Å². The molecule has 1 aromatic heterocycles. The Bertz CT molecular complexity index is 497. The van der Waals surface area contributed by atoms with E-state index in [9.17, 15) is 4.79 Å². The van der Waals surface area contributed by atoms with Crippen molar-refractivity contribution < 1.29 is 9.53 Å². The number of carbonyl (C=O) groups is 1. The Morgan fingerprint density at radius 3 is 2.95 bits per heavy atom. The van der Waals surface area contributed by atoms with Crippen LogP contribution in [0.2, 0.25) is 0 Å². The molecule has 0 radical (unpaired) electrons. The number of nitrogens with zero attached hydrogens (tertiary/aromatic N) is 2. The lowest BCUT2D eigenvalue weighted by atomic mass is 10.1. The molecule has 5 heteroatoms. The maximum atomic E-state index is 12.3. The van der Waals surface area contributed by atoms with E-state index < -0.39 is 6.10 Å². The van der Waals surface area contributed by atoms with Gasteiger partial charge in [0.05, 0.1) is 11.9 Å². The van der Waals surface area contributed by atoms with Gasteiger partial charge in [0.1, 0.15) is 0 Å². The second-order valence-electron chi connectivity index (χ2n) is 5.45. The Morgan fingerprint density at radius 1 is 1.47 bits per heavy atom. The Balaban J connectivity index is 1.90. The van der Waals surface area contributed by atoms with E-state index in [-0.39, 0.29) is 5.91 Å². The first-order valence-corrected chi connectivity index (χ1v) is 6.88. The van der Waals surface area contributed by atoms with Crippen molar-refractivity contribution in [3.8, 4) is 5.75 Å². The normalized spacial score (nSPS) is 23.3. The van der Waals surface area contributed by atoms with Crippen LogP contribution in [-0.2, 0) is 4.79 Å². The number of nitrogens with two attached hydrogens (primary N) is 1. The van der Waals surface area contributed by atoms with Crippen molar-refractivity contribution >= 4 is 17.4 Å². The molecule has 1 unspecified atom stereocenters. The van der Waals surface area contributed by atoms with Crippen molar-refractivity contribution in [2.24, 2.45) is 5.92 Å². The summed E-state index contributed by atoms with van der Waals surface area (Å²) in [6.45, 7) is 2.52. The Labute approximate surface area is 112 Å². The van der Waals surface area contributed by atoms with Crippen LogP contribution in [-0.4, -0.2) is 23.5 Å². The third-order valence-corrected chi connectivity index (χ3v) is 3.94. The molecule has 0 spiro atoms. The molecule has 2 aliphatic rings. The van der Waals surface area contributed by atoms with Gasteiger partial charge in [0.15, 0.2) is 17.7 Å². The first kappa shape index (κ1) is 12.3. The van der Waals surface area contributed by atoms with E-state index >= 15 is 0 Å². The van der Waals surface area contributed by atoms with Gasteiger partial charge in [0.2, 0.25) is 0 Å². The van der Waals surface area contributed by atoms with E-state index in [0.29, 0.717) is 23.2 Å². The number of rotatable bonds is 2. The minimum absolute atomic E-state index is 0.00308. The second kappa shape index (κ2) is 4.72. The summed E-state index contributed by atoms with van der Waals surface area (Å²) in [6, 6.07) is 1.74. The Kier molecular flexibility index (Phi) is 3.05. The molecule has 102 valence electrons. The number of aromatic nitrogens is 1. The van der Waals surface area contributed by atoms with Gasteiger partial charge in [-0.2, -0.15) is 0 Å². The lowest BCUT2D eigenvalue weighted by Gasteiger charge is -2.33. The van der Waals surface area contributed by atoms with Crippen molar-refractivity contribution in [1.82, 2.24) is 4.98 Å². The molecule has 1 aliphatic heterocycles. The highest BCUT2D eigenvalue weighted by molar-refractivity contribution is 5.98. The van der Waals surface area contributed by atoms with Crippen molar-refractivity contribution in [2.45, 2.75) is 38.7 Å². The van der Waals surface area contributed by atoms with Crippen LogP contribution in [0.25, 0.3) is 0 Å². The first-order chi connectivity index (χ1) is 9.15. The zero-order valence-corrected chi connectivity index (χ0v) is 11.1. The third-order valence-electron chi connectivity index (χ3n) is 3.94. The maximum absolute atomic E-state index is 12.3. The molecular weight excluding hydrogens is 242 g/mol. The zero-order valence-electron chi connectivity index (χ0n) is 11.1. The molecule has 0 saturated heterocycles. The van der Waals surface area contributed by atoms with Crippen LogP contribution >= 0.6 is 0 Å². The molecule has 1 aliphatic carbocycles. The third kappa shape index (κ3) is 2.25. The van der Waals surface area contributed by atoms with Crippen LogP contribution in [0, 0.1) is 5.92 Å². The van der Waals surface area contributed by atoms with E-state index in [4.69, 9.17) is 10.5 Å². The topological polar surface area (TPSA) is 68.5 Å². The average Bonchev–Trinajstić information content (AvgIpc) is 2.87. The average molecular weight is 261 g/mol. The summed E-state index contributed by atoms with van der Waals surface area (Å²) in [4.78, 5) is 18.3. The van der Waals surface area contributed by atoms with Crippen LogP contribution in [0.15, 0.2) is 12.3 Å². The minimum atomic E-state index is -0.461. The monoisotopic (exact) mass is 261 g/mol. The van der Waals surface area contributed by atoms with Gasteiger partial charge >= 0.3 is 0 Å². The highest BCUT2D eigenvalue weighted by atomic mass is 16.5. The van der Waals surface area contributed by atoms with E-state index in [1.165, 1.54) is 25.7 Å². The molecule has 2 N–H and O–H groups in total. The van der Waals surface area contributed by atoms with Gasteiger partial charge < -0.3 is 10.5 Å². The van der Waals surface area contributed by atoms with Crippen molar-refractivity contribution in [1.29, 1.82) is 0 Å². The number of pyridine rings is 1. The lowest BCUT2D eigenvalue weighted by Crippen LogP contribution is -2.46. The molecular formula is C14H19N3O2. The molecule has 2 heterocycles. The van der Waals surface area contributed by atoms with Crippen LogP contribution in [0.5, 0.6) is 5.75 Å². The maximum Gasteiger partial charge on any atom is 0.269 e. The molecule has 0 aromatic carbocycles. The molecule has 0 bridgehead atoms. The predicted molar refractivity (Wildman–Crippen MR) is 73.1 cm³/mol. The van der Waals surface area contributed by atoms with Gasteiger partial charge in [-0.15, -0.1) is 0 Å². The zero-order chi connectivity index (χ0) is 13.4. The number of nitrogen functional groups attached to an aromatic ring is 1. The summed E-state index contributed by atoms with van der Waals surface area (Å²) in [7, 11) is 0. The summed E-state index contributed by atoms with van der Waals surface area (Å²) in [5.74, 6) is 1.81. The standard InChI is InChI=1S/C14H19N3O2/c1-9-14(18)17(8-10-4-2-3-5-10)13-12(19-9)6-11(15)7-16-13/h6-7,9-10H,2-5,8,15H2,1H3. The molecule has 1 saturated carbocycles. The number of amides is 1. The van der Waals surface area contributed by atoms with E-state index in [1.807, 2.05) is 0 Å². The minimum Gasteiger partial charge on any atom is -0.477 e. The fourth-order valence-electron chi connectivity index (χ4n) is 2.93. The van der Waals surface area contributed by atoms with Crippen molar-refractivity contribution in [3.05, 3.63) is 12.3 Å². The Morgan fingerprint density at radius 2 is 2.21 bits per heavy atom. The highest BCUT2D eigenvalue weighted by Gasteiger charge is 2.34. The number of hydrogen-bond acceptors (Lipinski definition) is 4. The van der Waals surface area contributed by atoms with Gasteiger partial charge in [-0.1, -0.05) is 12.8 Å². The smallest absolute Gasteiger partial charge is 0.269 e. The largest absolute Gasteiger partial charge is 0.477 e. The SMILES string of the molecule is CC1Oc2cc(N)cnc2N(CC2CCCC2)C1=O. The van der Waals surface area contributed by atoms with Crippen LogP contribution < -0.4 is 15.4 Å². The van der Waals surface area contributed by atoms with E-state index in [1.54, 1.807) is 24.1 Å². The summed E-state index contributed by atoms with van der Waals surface area (Å²) in [5.41, 5.74) is 6.28. The van der Waals surface area contributed by atoms with Gasteiger partial charge in [-0.3, -0.25) is 9.69 Å². The van der Waals surface area contributed by atoms with E-state index in [0.717, 1.165) is 6.54 Å². The molecule has 3 rings (SSSR count). The lowest BCUT2D eigenvalue weighted by molar-refractivity contribution is -0.125. The van der Waals surface area contributed by atoms with Gasteiger partial charge in [-0.25, -0.2) is 4.98 Å². The molecule has 1 atom stereocenters. The van der Waals surface area contributed by atoms with E-state index in [2.05, 4.69) is 4.98 Å². The Hall–Kier alpha value is -1.78. The molecule has 1 aromatic rings. The van der Waals surface area contributed by atoms with Crippen LogP contribution in [0.1, 0.15) is 32.6 Å². The fraction of sp³-hybridized carbons (Fsp3) is 0.571. The summed E-state index contributed by atoms with van der Waals surface area (Å²) >= 11 is 0. The number of carbonyl (C=O) groups excluding carboxylic acids is 1. The summed E-state index contributed by atoms with van der Waals surface area (Å²) in [6.07, 6.45) is 6.04. The number of anilines is 2. The van der Waals surface area contributed by atoms with Crippen LogP contribution in [0.3, 0.4) is 0 Å². The number of fused-ring (bicyclic) bond motifs is 1. The molecule has 1 amide bonds. The molecule has 1 fully saturated rings. The predicted octanol–water partition coefficient (Wildman–Crippen LogP) is 1.97. The summed E-state index contributed by atoms with van der Waals surface area (Å²) < 4.78 is 5.59. The fourth-order valence-corrected chi connectivity index (χ4v) is 2.93. The van der Waals surface area contributed by atoms with Crippen molar-refractivity contribution in [2.75, 3.05) is 17.2 Å². The van der Waals surface area contributed by atoms with Crippen LogP contribution in [0.4, 0.5) is 11.5 Å². The number of hydrogen-bond donors (Lipinski definition) is 1. The quantitative estimate of drug-likeness (QED) is 0.883. The highest BCUT2D eigenvalue weighted by Crippen LogP contribution is 2.35.